The topological polar surface area (TPSA) is 54.4 Å². The van der Waals surface area contributed by atoms with Crippen LogP contribution in [0.2, 0.25) is 5.02 Å². The first-order valence-corrected chi connectivity index (χ1v) is 9.54. The molecule has 0 spiro atoms. The van der Waals surface area contributed by atoms with Gasteiger partial charge in [0.2, 0.25) is 0 Å². The molecule has 124 valence electrons. The molecule has 1 N–H and O–H groups in total. The molecule has 0 saturated heterocycles. The molecule has 0 atom stereocenters. The van der Waals surface area contributed by atoms with Crippen molar-refractivity contribution in [3.63, 3.8) is 0 Å². The van der Waals surface area contributed by atoms with Gasteiger partial charge in [0.1, 0.15) is 4.90 Å². The molecule has 0 saturated carbocycles. The summed E-state index contributed by atoms with van der Waals surface area (Å²) in [5, 5.41) is 6.89. The van der Waals surface area contributed by atoms with Gasteiger partial charge in [-0.3, -0.25) is 4.55 Å². The zero-order valence-corrected chi connectivity index (χ0v) is 15.4. The molecule has 5 aromatic carbocycles. The second-order valence-electron chi connectivity index (χ2n) is 6.15. The van der Waals surface area contributed by atoms with E-state index in [2.05, 4.69) is 0 Å². The predicted octanol–water partition coefficient (Wildman–Crippen LogP) is 2.75. The Labute approximate surface area is 168 Å². The summed E-state index contributed by atoms with van der Waals surface area (Å²) < 4.78 is 34.1. The van der Waals surface area contributed by atoms with Crippen molar-refractivity contribution in [1.29, 1.82) is 0 Å². The van der Waals surface area contributed by atoms with E-state index < -0.39 is 10.1 Å². The van der Waals surface area contributed by atoms with E-state index >= 15 is 0 Å². The summed E-state index contributed by atoms with van der Waals surface area (Å²) in [7, 11) is -4.48. The molecule has 6 heteroatoms. The van der Waals surface area contributed by atoms with Crippen LogP contribution in [-0.2, 0) is 10.1 Å². The SMILES string of the molecule is O=S(=O)(O)c1c(Cl)cc2cccc3c4cccc5cccc(c1c23)c54.[H-].[Li+]. The van der Waals surface area contributed by atoms with Gasteiger partial charge in [0.15, 0.2) is 0 Å². The maximum atomic E-state index is 12.1. The van der Waals surface area contributed by atoms with Crippen LogP contribution >= 0.6 is 11.6 Å². The fraction of sp³-hybridized carbons (Fsp3) is 0. The van der Waals surface area contributed by atoms with Crippen LogP contribution in [0.3, 0.4) is 0 Å². The number of benzene rings is 5. The fourth-order valence-corrected chi connectivity index (χ4v) is 5.19. The summed E-state index contributed by atoms with van der Waals surface area (Å²) in [4.78, 5) is -0.226. The molecule has 26 heavy (non-hydrogen) atoms. The van der Waals surface area contributed by atoms with Crippen molar-refractivity contribution < 1.29 is 33.3 Å². The van der Waals surface area contributed by atoms with Crippen LogP contribution in [0, 0.1) is 0 Å². The Balaban J connectivity index is 0.00000105. The molecular weight excluding hydrogens is 363 g/mol. The van der Waals surface area contributed by atoms with E-state index in [9.17, 15) is 13.0 Å². The zero-order chi connectivity index (χ0) is 17.3. The molecule has 0 bridgehead atoms. The molecule has 5 aromatic rings. The number of halogens is 1. The number of hydrogen-bond acceptors (Lipinski definition) is 2. The van der Waals surface area contributed by atoms with Crippen LogP contribution in [0.5, 0.6) is 0 Å². The van der Waals surface area contributed by atoms with Crippen molar-refractivity contribution in [1.82, 2.24) is 0 Å². The van der Waals surface area contributed by atoms with Crippen LogP contribution in [-0.4, -0.2) is 13.0 Å². The number of hydrogen-bond donors (Lipinski definition) is 1. The van der Waals surface area contributed by atoms with Crippen molar-refractivity contribution in [3.05, 3.63) is 65.7 Å². The van der Waals surface area contributed by atoms with Crippen LogP contribution in [0.25, 0.3) is 43.1 Å². The molecule has 0 amide bonds. The third-order valence-electron chi connectivity index (χ3n) is 4.80. The Morgan fingerprint density at radius 1 is 0.769 bits per heavy atom. The molecule has 0 heterocycles. The summed E-state index contributed by atoms with van der Waals surface area (Å²) in [6.45, 7) is 0. The first-order valence-electron chi connectivity index (χ1n) is 7.72. The number of fused-ring (bicyclic) bond motifs is 2. The van der Waals surface area contributed by atoms with E-state index in [1.165, 1.54) is 0 Å². The molecule has 0 aliphatic carbocycles. The van der Waals surface area contributed by atoms with Crippen molar-refractivity contribution in [2.75, 3.05) is 0 Å². The summed E-state index contributed by atoms with van der Waals surface area (Å²) in [5.74, 6) is 0. The molecule has 5 rings (SSSR count). The standard InChI is InChI=1S/C20H11ClO3S.Li.H/c21-16-10-12-6-3-8-14-13-7-1-4-11-5-2-9-15(17(11)13)19(18(12)14)20(16)25(22,23)24;;/h1-10H,(H,22,23,24);;/q;+1;-1. The second kappa shape index (κ2) is 5.85. The van der Waals surface area contributed by atoms with E-state index in [1.54, 1.807) is 6.07 Å². The Hall–Kier alpha value is -1.80. The van der Waals surface area contributed by atoms with Gasteiger partial charge in [-0.15, -0.1) is 0 Å². The third kappa shape index (κ3) is 2.28. The molecule has 0 fully saturated rings. The van der Waals surface area contributed by atoms with Crippen LogP contribution in [0.4, 0.5) is 0 Å². The molecule has 0 radical (unpaired) electrons. The Bertz CT molecular complexity index is 1430. The van der Waals surface area contributed by atoms with Gasteiger partial charge in [0, 0.05) is 5.39 Å². The van der Waals surface area contributed by atoms with E-state index in [0.717, 1.165) is 37.7 Å². The summed E-state index contributed by atoms with van der Waals surface area (Å²) in [5.41, 5.74) is 0. The van der Waals surface area contributed by atoms with Crippen LogP contribution in [0.1, 0.15) is 1.43 Å². The minimum Gasteiger partial charge on any atom is -1.00 e. The minimum atomic E-state index is -4.48. The van der Waals surface area contributed by atoms with Crippen LogP contribution in [0.15, 0.2) is 65.6 Å². The molecule has 0 unspecified atom stereocenters. The van der Waals surface area contributed by atoms with Crippen molar-refractivity contribution in [2.45, 2.75) is 4.90 Å². The fourth-order valence-electron chi connectivity index (χ4n) is 3.91. The van der Waals surface area contributed by atoms with E-state index in [4.69, 9.17) is 11.6 Å². The quantitative estimate of drug-likeness (QED) is 0.212. The maximum absolute atomic E-state index is 12.1. The smallest absolute Gasteiger partial charge is 1.00 e. The van der Waals surface area contributed by atoms with Gasteiger partial charge in [-0.1, -0.05) is 66.2 Å². The van der Waals surface area contributed by atoms with E-state index in [1.807, 2.05) is 54.6 Å². The molecule has 3 nitrogen and oxygen atoms in total. The molecule has 0 aliphatic heterocycles. The van der Waals surface area contributed by atoms with Crippen molar-refractivity contribution in [3.8, 4) is 0 Å². The summed E-state index contributed by atoms with van der Waals surface area (Å²) in [6, 6.07) is 19.2. The van der Waals surface area contributed by atoms with Crippen LogP contribution < -0.4 is 18.9 Å². The van der Waals surface area contributed by atoms with E-state index in [-0.39, 0.29) is 30.2 Å². The number of rotatable bonds is 1. The molecular formula is C20H12ClLiO3S. The van der Waals surface area contributed by atoms with E-state index in [0.29, 0.717) is 5.39 Å². The Morgan fingerprint density at radius 2 is 1.31 bits per heavy atom. The zero-order valence-electron chi connectivity index (χ0n) is 14.8. The van der Waals surface area contributed by atoms with Gasteiger partial charge in [0.05, 0.1) is 5.02 Å². The van der Waals surface area contributed by atoms with Gasteiger partial charge >= 0.3 is 18.9 Å². The first-order chi connectivity index (χ1) is 12.0. The Morgan fingerprint density at radius 3 is 1.92 bits per heavy atom. The van der Waals surface area contributed by atoms with Gasteiger partial charge < -0.3 is 1.43 Å². The average molecular weight is 375 g/mol. The molecule has 0 aliphatic rings. The summed E-state index contributed by atoms with van der Waals surface area (Å²) in [6.07, 6.45) is 0. The van der Waals surface area contributed by atoms with Gasteiger partial charge in [-0.05, 0) is 43.8 Å². The van der Waals surface area contributed by atoms with Gasteiger partial charge in [-0.25, -0.2) is 0 Å². The predicted molar refractivity (Wildman–Crippen MR) is 104 cm³/mol. The second-order valence-corrected chi connectivity index (χ2v) is 7.92. The largest absolute Gasteiger partial charge is 1.00 e. The Kier molecular flexibility index (Phi) is 3.96. The van der Waals surface area contributed by atoms with Crippen molar-refractivity contribution in [2.24, 2.45) is 0 Å². The normalized spacial score (nSPS) is 12.2. The molecule has 0 aromatic heterocycles. The minimum absolute atomic E-state index is 0. The first kappa shape index (κ1) is 17.6. The summed E-state index contributed by atoms with van der Waals surface area (Å²) >= 11 is 6.27. The van der Waals surface area contributed by atoms with Crippen molar-refractivity contribution >= 4 is 64.8 Å². The third-order valence-corrected chi connectivity index (χ3v) is 6.15. The monoisotopic (exact) mass is 374 g/mol. The maximum Gasteiger partial charge on any atom is 1.00 e. The van der Waals surface area contributed by atoms with Gasteiger partial charge in [0.25, 0.3) is 10.1 Å². The average Bonchev–Trinajstić information content (AvgIpc) is 2.57. The van der Waals surface area contributed by atoms with Gasteiger partial charge in [-0.2, -0.15) is 8.42 Å².